The highest BCUT2D eigenvalue weighted by Gasteiger charge is 2.33. The second-order valence-corrected chi connectivity index (χ2v) is 10.8. The number of aromatic amines is 1. The number of hydrogen-bond acceptors (Lipinski definition) is 5. The van der Waals surface area contributed by atoms with E-state index in [9.17, 15) is 4.79 Å². The van der Waals surface area contributed by atoms with Gasteiger partial charge in [-0.3, -0.25) is 9.69 Å². The highest BCUT2D eigenvalue weighted by Crippen LogP contribution is 2.35. The Morgan fingerprint density at radius 2 is 1.69 bits per heavy atom. The van der Waals surface area contributed by atoms with Crippen molar-refractivity contribution in [2.45, 2.75) is 116 Å². The fourth-order valence-electron chi connectivity index (χ4n) is 6.31. The predicted molar refractivity (Wildman–Crippen MR) is 139 cm³/mol. The second-order valence-electron chi connectivity index (χ2n) is 10.8. The number of H-pyrrole nitrogens is 1. The minimum atomic E-state index is 0.0169. The average Bonchev–Trinajstić information content (AvgIpc) is 3.36. The number of aryl methyl sites for hydroxylation is 2. The molecular weight excluding hydrogens is 436 g/mol. The van der Waals surface area contributed by atoms with Crippen molar-refractivity contribution in [3.63, 3.8) is 0 Å². The third-order valence-corrected chi connectivity index (χ3v) is 8.46. The molecule has 7 nitrogen and oxygen atoms in total. The minimum Gasteiger partial charge on any atom is -0.322 e. The van der Waals surface area contributed by atoms with Gasteiger partial charge in [0.15, 0.2) is 5.82 Å². The molecule has 1 N–H and O–H groups in total. The van der Waals surface area contributed by atoms with Crippen LogP contribution in [-0.4, -0.2) is 36.1 Å². The number of tetrazole rings is 1. The number of nitrogens with zero attached hydrogens (tertiary/aromatic N) is 5. The van der Waals surface area contributed by atoms with E-state index in [1.165, 1.54) is 62.5 Å². The number of pyridine rings is 1. The molecule has 35 heavy (non-hydrogen) atoms. The van der Waals surface area contributed by atoms with Crippen LogP contribution in [-0.2, 0) is 6.54 Å². The third kappa shape index (κ3) is 5.06. The number of nitrogens with one attached hydrogen (secondary N) is 1. The Labute approximate surface area is 208 Å². The molecule has 2 aliphatic rings. The van der Waals surface area contributed by atoms with Crippen molar-refractivity contribution in [3.05, 3.63) is 51.1 Å². The van der Waals surface area contributed by atoms with Gasteiger partial charge in [-0.25, -0.2) is 4.68 Å². The summed E-state index contributed by atoms with van der Waals surface area (Å²) in [6.07, 6.45) is 13.2. The summed E-state index contributed by atoms with van der Waals surface area (Å²) in [4.78, 5) is 19.0. The highest BCUT2D eigenvalue weighted by atomic mass is 16.1. The Morgan fingerprint density at radius 1 is 1.00 bits per heavy atom. The van der Waals surface area contributed by atoms with E-state index >= 15 is 0 Å². The Kier molecular flexibility index (Phi) is 7.32. The molecule has 0 spiro atoms. The molecule has 2 heterocycles. The molecule has 1 atom stereocenters. The number of hydrogen-bond donors (Lipinski definition) is 1. The lowest BCUT2D eigenvalue weighted by atomic mass is 9.91. The summed E-state index contributed by atoms with van der Waals surface area (Å²) < 4.78 is 2.12. The molecule has 188 valence electrons. The van der Waals surface area contributed by atoms with E-state index in [0.717, 1.165) is 41.6 Å². The highest BCUT2D eigenvalue weighted by molar-refractivity contribution is 5.80. The van der Waals surface area contributed by atoms with Crippen LogP contribution in [0.25, 0.3) is 10.9 Å². The van der Waals surface area contributed by atoms with Gasteiger partial charge in [0.05, 0.1) is 12.1 Å². The van der Waals surface area contributed by atoms with Crippen LogP contribution in [0.3, 0.4) is 0 Å². The molecule has 5 rings (SSSR count). The maximum Gasteiger partial charge on any atom is 0.252 e. The molecule has 2 aromatic heterocycles. The summed E-state index contributed by atoms with van der Waals surface area (Å²) in [5, 5.41) is 14.3. The monoisotopic (exact) mass is 476 g/mol. The van der Waals surface area contributed by atoms with Crippen LogP contribution in [0.4, 0.5) is 0 Å². The Bertz CT molecular complexity index is 1200. The van der Waals surface area contributed by atoms with E-state index in [-0.39, 0.29) is 11.6 Å². The first kappa shape index (κ1) is 24.2. The van der Waals surface area contributed by atoms with Gasteiger partial charge in [-0.1, -0.05) is 45.4 Å². The molecule has 1 unspecified atom stereocenters. The lowest BCUT2D eigenvalue weighted by molar-refractivity contribution is 0.0821. The minimum absolute atomic E-state index is 0.0169. The standard InChI is InChI=1S/C28H40N6O/c1-4-26(27-30-31-32-34(27)24-13-9-6-10-14-24)33(23-11-7-5-8-12-23)18-22-17-21-15-19(2)20(3)16-25(21)29-28(22)35/h15-17,23-24,26H,4-14,18H2,1-3H3,(H,29,35). The molecule has 1 aromatic carbocycles. The Hall–Kier alpha value is -2.54. The summed E-state index contributed by atoms with van der Waals surface area (Å²) in [7, 11) is 0. The smallest absolute Gasteiger partial charge is 0.252 e. The maximum atomic E-state index is 13.2. The number of aromatic nitrogens is 5. The molecule has 2 saturated carbocycles. The molecule has 0 saturated heterocycles. The SMILES string of the molecule is CCC(c1nnnn1C1CCCCC1)N(Cc1cc2cc(C)c(C)cc2[nH]c1=O)C1CCCCC1. The fraction of sp³-hybridized carbons (Fsp3) is 0.643. The first-order valence-electron chi connectivity index (χ1n) is 13.7. The molecule has 3 aromatic rings. The largest absolute Gasteiger partial charge is 0.322 e. The van der Waals surface area contributed by atoms with E-state index < -0.39 is 0 Å². The van der Waals surface area contributed by atoms with Crippen LogP contribution in [0.2, 0.25) is 0 Å². The van der Waals surface area contributed by atoms with Crippen molar-refractivity contribution in [1.29, 1.82) is 0 Å². The van der Waals surface area contributed by atoms with E-state index in [1.54, 1.807) is 0 Å². The number of benzene rings is 1. The summed E-state index contributed by atoms with van der Waals surface area (Å²) in [6.45, 7) is 7.08. The van der Waals surface area contributed by atoms with Crippen molar-refractivity contribution < 1.29 is 0 Å². The Morgan fingerprint density at radius 3 is 2.40 bits per heavy atom. The van der Waals surface area contributed by atoms with Crippen molar-refractivity contribution in [3.8, 4) is 0 Å². The zero-order valence-corrected chi connectivity index (χ0v) is 21.6. The average molecular weight is 477 g/mol. The molecule has 0 aliphatic heterocycles. The summed E-state index contributed by atoms with van der Waals surface area (Å²) in [5.74, 6) is 0.980. The van der Waals surface area contributed by atoms with Crippen molar-refractivity contribution in [2.24, 2.45) is 0 Å². The molecule has 2 aliphatic carbocycles. The Balaban J connectivity index is 1.52. The molecule has 7 heteroatoms. The van der Waals surface area contributed by atoms with Crippen molar-refractivity contribution in [1.82, 2.24) is 30.1 Å². The summed E-state index contributed by atoms with van der Waals surface area (Å²) in [5.41, 5.74) is 4.21. The van der Waals surface area contributed by atoms with Gasteiger partial charge in [0.25, 0.3) is 5.56 Å². The van der Waals surface area contributed by atoms with E-state index in [0.29, 0.717) is 18.6 Å². The van der Waals surface area contributed by atoms with Crippen LogP contribution >= 0.6 is 0 Å². The summed E-state index contributed by atoms with van der Waals surface area (Å²) >= 11 is 0. The van der Waals surface area contributed by atoms with Crippen LogP contribution in [0.5, 0.6) is 0 Å². The molecule has 0 bridgehead atoms. The second kappa shape index (κ2) is 10.6. The van der Waals surface area contributed by atoms with Crippen LogP contribution in [0.15, 0.2) is 23.0 Å². The maximum absolute atomic E-state index is 13.2. The van der Waals surface area contributed by atoms with Crippen LogP contribution in [0, 0.1) is 13.8 Å². The van der Waals surface area contributed by atoms with Gasteiger partial charge in [-0.05, 0) is 91.1 Å². The molecule has 0 radical (unpaired) electrons. The normalized spacial score (nSPS) is 19.0. The van der Waals surface area contributed by atoms with Crippen molar-refractivity contribution >= 4 is 10.9 Å². The van der Waals surface area contributed by atoms with Crippen LogP contribution < -0.4 is 5.56 Å². The third-order valence-electron chi connectivity index (χ3n) is 8.46. The lowest BCUT2D eigenvalue weighted by Gasteiger charge is -2.39. The van der Waals surface area contributed by atoms with Gasteiger partial charge in [0, 0.05) is 23.7 Å². The number of fused-ring (bicyclic) bond motifs is 1. The summed E-state index contributed by atoms with van der Waals surface area (Å²) in [6, 6.07) is 7.32. The van der Waals surface area contributed by atoms with Crippen LogP contribution in [0.1, 0.15) is 112 Å². The molecular formula is C28H40N6O. The zero-order valence-electron chi connectivity index (χ0n) is 21.6. The van der Waals surface area contributed by atoms with Gasteiger partial charge >= 0.3 is 0 Å². The fourth-order valence-corrected chi connectivity index (χ4v) is 6.31. The van der Waals surface area contributed by atoms with E-state index in [4.69, 9.17) is 0 Å². The topological polar surface area (TPSA) is 79.7 Å². The van der Waals surface area contributed by atoms with Gasteiger partial charge in [0.1, 0.15) is 0 Å². The van der Waals surface area contributed by atoms with E-state index in [1.807, 2.05) is 0 Å². The first-order chi connectivity index (χ1) is 17.0. The zero-order chi connectivity index (χ0) is 24.4. The molecule has 0 amide bonds. The van der Waals surface area contributed by atoms with Gasteiger partial charge in [0.2, 0.25) is 0 Å². The quantitative estimate of drug-likeness (QED) is 0.458. The first-order valence-corrected chi connectivity index (χ1v) is 13.7. The number of rotatable bonds is 7. The van der Waals surface area contributed by atoms with E-state index in [2.05, 4.69) is 69.1 Å². The van der Waals surface area contributed by atoms with Gasteiger partial charge in [-0.2, -0.15) is 0 Å². The van der Waals surface area contributed by atoms with Crippen molar-refractivity contribution in [2.75, 3.05) is 0 Å². The predicted octanol–water partition coefficient (Wildman–Crippen LogP) is 5.92. The van der Waals surface area contributed by atoms with Gasteiger partial charge < -0.3 is 4.98 Å². The lowest BCUT2D eigenvalue weighted by Crippen LogP contribution is -2.41. The molecule has 2 fully saturated rings. The van der Waals surface area contributed by atoms with Gasteiger partial charge in [-0.15, -0.1) is 5.10 Å².